The minimum atomic E-state index is 0.188. The highest BCUT2D eigenvalue weighted by Gasteiger charge is 2.39. The summed E-state index contributed by atoms with van der Waals surface area (Å²) in [6.45, 7) is 11.9. The highest BCUT2D eigenvalue weighted by Crippen LogP contribution is 2.38. The molecule has 3 N–H and O–H groups in total. The van der Waals surface area contributed by atoms with E-state index in [1.54, 1.807) is 0 Å². The van der Waals surface area contributed by atoms with Gasteiger partial charge in [0.1, 0.15) is 0 Å². The number of nitrogens with two attached hydrogens (primary N) is 1. The summed E-state index contributed by atoms with van der Waals surface area (Å²) >= 11 is 0. The molecule has 0 saturated heterocycles. The molecule has 3 heteroatoms. The third kappa shape index (κ3) is 3.74. The second kappa shape index (κ2) is 5.83. The molecular formula is C12H27N3. The maximum atomic E-state index is 5.85. The van der Waals surface area contributed by atoms with Crippen LogP contribution in [0.4, 0.5) is 0 Å². The quantitative estimate of drug-likeness (QED) is 0.633. The number of likely N-dealkylation sites (N-methyl/N-ethyl adjacent to an activating group) is 1. The van der Waals surface area contributed by atoms with Crippen molar-refractivity contribution in [2.24, 2.45) is 11.7 Å². The molecule has 1 unspecified atom stereocenters. The highest BCUT2D eigenvalue weighted by atomic mass is 15.1. The average Bonchev–Trinajstić information content (AvgIpc) is 3.08. The van der Waals surface area contributed by atoms with Crippen LogP contribution in [0.1, 0.15) is 33.6 Å². The summed E-state index contributed by atoms with van der Waals surface area (Å²) in [5.74, 6) is 0.819. The summed E-state index contributed by atoms with van der Waals surface area (Å²) in [7, 11) is 0. The predicted molar refractivity (Wildman–Crippen MR) is 66.0 cm³/mol. The van der Waals surface area contributed by atoms with Crippen LogP contribution in [0.3, 0.4) is 0 Å². The molecule has 1 saturated carbocycles. The van der Waals surface area contributed by atoms with Crippen molar-refractivity contribution in [2.45, 2.75) is 39.2 Å². The van der Waals surface area contributed by atoms with Crippen LogP contribution in [-0.4, -0.2) is 43.2 Å². The van der Waals surface area contributed by atoms with Crippen molar-refractivity contribution in [3.8, 4) is 0 Å². The third-order valence-corrected chi connectivity index (χ3v) is 3.75. The number of nitrogens with one attached hydrogen (secondary N) is 1. The van der Waals surface area contributed by atoms with Crippen LogP contribution in [0.25, 0.3) is 0 Å². The monoisotopic (exact) mass is 213 g/mol. The lowest BCUT2D eigenvalue weighted by molar-refractivity contribution is 0.262. The summed E-state index contributed by atoms with van der Waals surface area (Å²) < 4.78 is 0. The van der Waals surface area contributed by atoms with Gasteiger partial charge in [-0.05, 0) is 38.8 Å². The van der Waals surface area contributed by atoms with Crippen LogP contribution in [0.2, 0.25) is 0 Å². The van der Waals surface area contributed by atoms with Crippen LogP contribution in [0.5, 0.6) is 0 Å². The lowest BCUT2D eigenvalue weighted by atomic mass is 9.96. The average molecular weight is 213 g/mol. The number of nitrogens with zero attached hydrogens (tertiary/aromatic N) is 1. The van der Waals surface area contributed by atoms with Crippen molar-refractivity contribution >= 4 is 0 Å². The van der Waals surface area contributed by atoms with Crippen LogP contribution in [0, 0.1) is 5.92 Å². The summed E-state index contributed by atoms with van der Waals surface area (Å²) in [5, 5.41) is 3.64. The lowest BCUT2D eigenvalue weighted by Crippen LogP contribution is -2.52. The first kappa shape index (κ1) is 12.9. The van der Waals surface area contributed by atoms with Gasteiger partial charge in [-0.15, -0.1) is 0 Å². The molecule has 0 amide bonds. The van der Waals surface area contributed by atoms with Crippen LogP contribution in [-0.2, 0) is 0 Å². The van der Waals surface area contributed by atoms with E-state index in [1.165, 1.54) is 12.8 Å². The molecule has 1 aliphatic carbocycles. The fourth-order valence-electron chi connectivity index (χ4n) is 2.14. The Morgan fingerprint density at radius 2 is 1.93 bits per heavy atom. The summed E-state index contributed by atoms with van der Waals surface area (Å²) in [6.07, 6.45) is 2.71. The SMILES string of the molecule is CCN(CC)CCNC(C)(CN)C1CC1. The van der Waals surface area contributed by atoms with Crippen molar-refractivity contribution in [1.82, 2.24) is 10.2 Å². The molecule has 3 nitrogen and oxygen atoms in total. The van der Waals surface area contributed by atoms with E-state index >= 15 is 0 Å². The molecule has 0 aliphatic heterocycles. The Balaban J connectivity index is 2.22. The Hall–Kier alpha value is -0.120. The first-order valence-electron chi connectivity index (χ1n) is 6.33. The Morgan fingerprint density at radius 1 is 1.33 bits per heavy atom. The molecule has 0 heterocycles. The van der Waals surface area contributed by atoms with Gasteiger partial charge < -0.3 is 16.0 Å². The molecule has 90 valence electrons. The van der Waals surface area contributed by atoms with Gasteiger partial charge in [0.2, 0.25) is 0 Å². The zero-order valence-corrected chi connectivity index (χ0v) is 10.6. The first-order valence-corrected chi connectivity index (χ1v) is 6.33. The molecule has 1 fully saturated rings. The summed E-state index contributed by atoms with van der Waals surface area (Å²) in [5.41, 5.74) is 6.04. The second-order valence-electron chi connectivity index (χ2n) is 4.85. The molecule has 0 aromatic rings. The zero-order valence-electron chi connectivity index (χ0n) is 10.6. The summed E-state index contributed by atoms with van der Waals surface area (Å²) in [6, 6.07) is 0. The van der Waals surface area contributed by atoms with Crippen molar-refractivity contribution in [2.75, 3.05) is 32.7 Å². The van der Waals surface area contributed by atoms with E-state index in [2.05, 4.69) is 31.0 Å². The van der Waals surface area contributed by atoms with E-state index in [1.807, 2.05) is 0 Å². The van der Waals surface area contributed by atoms with E-state index in [-0.39, 0.29) is 5.54 Å². The smallest absolute Gasteiger partial charge is 0.0304 e. The predicted octanol–water partition coefficient (Wildman–Crippen LogP) is 1.05. The molecule has 1 aliphatic rings. The molecule has 1 atom stereocenters. The van der Waals surface area contributed by atoms with Crippen molar-refractivity contribution in [3.63, 3.8) is 0 Å². The molecule has 0 bridgehead atoms. The molecule has 0 radical (unpaired) electrons. The second-order valence-corrected chi connectivity index (χ2v) is 4.85. The fourth-order valence-corrected chi connectivity index (χ4v) is 2.14. The van der Waals surface area contributed by atoms with Gasteiger partial charge in [0.15, 0.2) is 0 Å². The maximum absolute atomic E-state index is 5.85. The Kier molecular flexibility index (Phi) is 5.03. The maximum Gasteiger partial charge on any atom is 0.0304 e. The van der Waals surface area contributed by atoms with Gasteiger partial charge in [-0.2, -0.15) is 0 Å². The number of hydrogen-bond donors (Lipinski definition) is 2. The van der Waals surface area contributed by atoms with Crippen molar-refractivity contribution in [1.29, 1.82) is 0 Å². The van der Waals surface area contributed by atoms with Gasteiger partial charge in [-0.3, -0.25) is 0 Å². The Labute approximate surface area is 94.4 Å². The first-order chi connectivity index (χ1) is 7.16. The largest absolute Gasteiger partial charge is 0.329 e. The van der Waals surface area contributed by atoms with Crippen LogP contribution in [0.15, 0.2) is 0 Å². The summed E-state index contributed by atoms with van der Waals surface area (Å²) in [4.78, 5) is 2.44. The van der Waals surface area contributed by atoms with E-state index in [4.69, 9.17) is 5.73 Å². The van der Waals surface area contributed by atoms with Gasteiger partial charge in [-0.25, -0.2) is 0 Å². The van der Waals surface area contributed by atoms with Crippen LogP contribution < -0.4 is 11.1 Å². The molecule has 0 aromatic carbocycles. The van der Waals surface area contributed by atoms with Crippen molar-refractivity contribution < 1.29 is 0 Å². The standard InChI is InChI=1S/C12H27N3/c1-4-15(5-2)9-8-14-12(3,10-13)11-6-7-11/h11,14H,4-10,13H2,1-3H3. The third-order valence-electron chi connectivity index (χ3n) is 3.75. The molecule has 15 heavy (non-hydrogen) atoms. The van der Waals surface area contributed by atoms with Gasteiger partial charge in [0.05, 0.1) is 0 Å². The molecule has 0 spiro atoms. The molecular weight excluding hydrogens is 186 g/mol. The van der Waals surface area contributed by atoms with Gasteiger partial charge in [0, 0.05) is 25.2 Å². The Bertz CT molecular complexity index is 176. The molecule has 1 rings (SSSR count). The van der Waals surface area contributed by atoms with Crippen LogP contribution >= 0.6 is 0 Å². The highest BCUT2D eigenvalue weighted by molar-refractivity contribution is 4.98. The number of hydrogen-bond acceptors (Lipinski definition) is 3. The minimum absolute atomic E-state index is 0.188. The fraction of sp³-hybridized carbons (Fsp3) is 1.00. The van der Waals surface area contributed by atoms with E-state index in [0.717, 1.165) is 38.6 Å². The van der Waals surface area contributed by atoms with Gasteiger partial charge >= 0.3 is 0 Å². The zero-order chi connectivity index (χ0) is 11.3. The molecule has 0 aromatic heterocycles. The lowest BCUT2D eigenvalue weighted by Gasteiger charge is -2.31. The van der Waals surface area contributed by atoms with Gasteiger partial charge in [0.25, 0.3) is 0 Å². The van der Waals surface area contributed by atoms with Crippen molar-refractivity contribution in [3.05, 3.63) is 0 Å². The topological polar surface area (TPSA) is 41.3 Å². The van der Waals surface area contributed by atoms with E-state index < -0.39 is 0 Å². The normalized spacial score (nSPS) is 20.6. The Morgan fingerprint density at radius 3 is 2.33 bits per heavy atom. The number of rotatable bonds is 8. The van der Waals surface area contributed by atoms with E-state index in [9.17, 15) is 0 Å². The minimum Gasteiger partial charge on any atom is -0.329 e. The van der Waals surface area contributed by atoms with E-state index in [0.29, 0.717) is 0 Å². The van der Waals surface area contributed by atoms with Gasteiger partial charge in [-0.1, -0.05) is 13.8 Å².